The highest BCUT2D eigenvalue weighted by Crippen LogP contribution is 2.43. The highest BCUT2D eigenvalue weighted by atomic mass is 16.5. The number of methoxy groups -OCH3 is 2. The number of nitrogens with one attached hydrogen (secondary N) is 4. The second kappa shape index (κ2) is 15.7. The lowest BCUT2D eigenvalue weighted by Crippen LogP contribution is -2.51. The maximum Gasteiger partial charge on any atom is 0.407 e. The van der Waals surface area contributed by atoms with Crippen molar-refractivity contribution in [2.24, 2.45) is 11.8 Å². The lowest BCUT2D eigenvalue weighted by atomic mass is 9.92. The minimum atomic E-state index is -0.708. The number of nitrogens with zero attached hydrogens (tertiary/aromatic N) is 4. The van der Waals surface area contributed by atoms with Crippen LogP contribution in [-0.4, -0.2) is 93.1 Å². The van der Waals surface area contributed by atoms with Crippen LogP contribution in [0.2, 0.25) is 0 Å². The van der Waals surface area contributed by atoms with Crippen molar-refractivity contribution in [1.29, 1.82) is 0 Å². The van der Waals surface area contributed by atoms with Crippen molar-refractivity contribution < 1.29 is 33.4 Å². The predicted molar refractivity (Wildman–Crippen MR) is 217 cm³/mol. The maximum atomic E-state index is 13.7. The van der Waals surface area contributed by atoms with Crippen molar-refractivity contribution in [2.45, 2.75) is 84.2 Å². The normalized spacial score (nSPS) is 18.6. The fraction of sp³-hybridized carbons (Fsp3) is 0.442. The molecule has 15 heteroatoms. The molecule has 0 aliphatic carbocycles. The number of H-pyrrole nitrogens is 2. The van der Waals surface area contributed by atoms with Crippen molar-refractivity contribution in [3.63, 3.8) is 0 Å². The second-order valence-corrected chi connectivity index (χ2v) is 16.1. The van der Waals surface area contributed by atoms with Crippen LogP contribution in [-0.2, 0) is 25.7 Å². The third-order valence-corrected chi connectivity index (χ3v) is 11.8. The Morgan fingerprint density at radius 3 is 2.05 bits per heavy atom. The molecular formula is C43H50N8O7. The molecule has 2 fully saturated rings. The zero-order valence-corrected chi connectivity index (χ0v) is 33.7. The van der Waals surface area contributed by atoms with E-state index in [9.17, 15) is 19.2 Å². The molecular weight excluding hydrogens is 741 g/mol. The molecule has 3 aromatic carbocycles. The molecule has 4 N–H and O–H groups in total. The molecule has 3 aliphatic heterocycles. The number of likely N-dealkylation sites (tertiary alicyclic amines) is 2. The number of aromatic amines is 2. The van der Waals surface area contributed by atoms with Crippen LogP contribution in [0.1, 0.15) is 82.7 Å². The molecule has 8 rings (SSSR count). The van der Waals surface area contributed by atoms with E-state index in [1.165, 1.54) is 14.2 Å². The van der Waals surface area contributed by atoms with Gasteiger partial charge in [0.1, 0.15) is 36.1 Å². The Bertz CT molecular complexity index is 2400. The van der Waals surface area contributed by atoms with Crippen LogP contribution in [0.5, 0.6) is 5.75 Å². The topological polar surface area (TPSA) is 184 Å². The van der Waals surface area contributed by atoms with Gasteiger partial charge in [-0.25, -0.2) is 19.6 Å². The molecule has 4 amide bonds. The first-order chi connectivity index (χ1) is 27.9. The number of alkyl carbamates (subject to hydrolysis) is 2. The van der Waals surface area contributed by atoms with E-state index in [0.29, 0.717) is 25.5 Å². The molecule has 1 unspecified atom stereocenters. The monoisotopic (exact) mass is 790 g/mol. The number of carbonyl (C=O) groups excluding carboxylic acids is 4. The van der Waals surface area contributed by atoms with Gasteiger partial charge in [0.15, 0.2) is 0 Å². The van der Waals surface area contributed by atoms with Crippen LogP contribution < -0.4 is 15.4 Å². The number of hydrogen-bond acceptors (Lipinski definition) is 9. The number of benzene rings is 3. The van der Waals surface area contributed by atoms with Gasteiger partial charge in [-0.1, -0.05) is 45.9 Å². The Labute approximate surface area is 336 Å². The van der Waals surface area contributed by atoms with E-state index in [0.717, 1.165) is 87.0 Å². The minimum Gasteiger partial charge on any atom is -0.488 e. The second-order valence-electron chi connectivity index (χ2n) is 16.1. The summed E-state index contributed by atoms with van der Waals surface area (Å²) in [5, 5.41) is 7.38. The average molecular weight is 791 g/mol. The van der Waals surface area contributed by atoms with Crippen LogP contribution in [0.4, 0.5) is 9.59 Å². The first-order valence-corrected chi connectivity index (χ1v) is 20.0. The van der Waals surface area contributed by atoms with Crippen LogP contribution in [0, 0.1) is 11.8 Å². The number of rotatable bonds is 9. The third kappa shape index (κ3) is 7.06. The van der Waals surface area contributed by atoms with Gasteiger partial charge in [0.05, 0.1) is 49.2 Å². The van der Waals surface area contributed by atoms with Gasteiger partial charge >= 0.3 is 12.2 Å². The summed E-state index contributed by atoms with van der Waals surface area (Å²) in [5.41, 5.74) is 6.60. The SMILES string of the molecule is COC(=O)N[C@H](C(=O)N1CCCC1c1ncc(-c2ccc3c(c2)COc2cc4c(ccc5[nH]c([C@@H]6CCCN6C(=O)[C@@H](NC(=O)OC)C(C)C)nc54)cc2-3)[nH]1)C(C)C. The van der Waals surface area contributed by atoms with Gasteiger partial charge in [0.25, 0.3) is 0 Å². The van der Waals surface area contributed by atoms with Gasteiger partial charge in [-0.3, -0.25) is 9.59 Å². The molecule has 5 aromatic rings. The first kappa shape index (κ1) is 38.7. The maximum absolute atomic E-state index is 13.7. The summed E-state index contributed by atoms with van der Waals surface area (Å²) >= 11 is 0. The number of hydrogen-bond donors (Lipinski definition) is 4. The molecule has 2 aromatic heterocycles. The zero-order valence-electron chi connectivity index (χ0n) is 33.7. The summed E-state index contributed by atoms with van der Waals surface area (Å²) in [6, 6.07) is 12.7. The van der Waals surface area contributed by atoms with Crippen LogP contribution >= 0.6 is 0 Å². The van der Waals surface area contributed by atoms with E-state index in [1.807, 2.05) is 49.8 Å². The number of carbonyl (C=O) groups is 4. The molecule has 15 nitrogen and oxygen atoms in total. The van der Waals surface area contributed by atoms with E-state index >= 15 is 0 Å². The average Bonchev–Trinajstić information content (AvgIpc) is 4.06. The first-order valence-electron chi connectivity index (χ1n) is 20.0. The van der Waals surface area contributed by atoms with Gasteiger partial charge in [0, 0.05) is 24.0 Å². The Kier molecular flexibility index (Phi) is 10.5. The summed E-state index contributed by atoms with van der Waals surface area (Å²) in [7, 11) is 2.58. The Morgan fingerprint density at radius 1 is 0.793 bits per heavy atom. The van der Waals surface area contributed by atoms with E-state index in [4.69, 9.17) is 24.2 Å². The summed E-state index contributed by atoms with van der Waals surface area (Å²) in [6.45, 7) is 9.15. The molecule has 58 heavy (non-hydrogen) atoms. The van der Waals surface area contributed by atoms with Crippen molar-refractivity contribution in [1.82, 2.24) is 40.4 Å². The lowest BCUT2D eigenvalue weighted by Gasteiger charge is -2.30. The number of fused-ring (bicyclic) bond motifs is 6. The van der Waals surface area contributed by atoms with Gasteiger partial charge in [-0.2, -0.15) is 0 Å². The summed E-state index contributed by atoms with van der Waals surface area (Å²) in [4.78, 5) is 71.8. The zero-order chi connectivity index (χ0) is 40.8. The number of imidazole rings is 2. The molecule has 0 radical (unpaired) electrons. The molecule has 0 saturated carbocycles. The standard InChI is InChI=1S/C43H50N8O7/c1-22(2)35(48-42(54)56-5)40(52)50-15-7-9-32(50)38-44-20-31(46-38)25-11-13-27-26(17-25)21-58-34-19-28-24(18-29(27)34)12-14-30-37(28)47-39(45-30)33-10-8-16-51(33)41(53)36(23(3)4)49-43(55)57-6/h11-14,17-20,22-23,32-33,35-36H,7-10,15-16,21H2,1-6H3,(H,44,46)(H,45,47)(H,48,54)(H,49,55)/t32?,33-,35-,36-/m0/s1. The molecule has 304 valence electrons. The van der Waals surface area contributed by atoms with Gasteiger partial charge in [-0.05, 0) is 83.9 Å². The van der Waals surface area contributed by atoms with E-state index in [-0.39, 0.29) is 35.7 Å². The molecule has 0 bridgehead atoms. The minimum absolute atomic E-state index is 0.116. The Balaban J connectivity index is 1.03. The van der Waals surface area contributed by atoms with Gasteiger partial charge in [-0.15, -0.1) is 0 Å². The van der Waals surface area contributed by atoms with Crippen molar-refractivity contribution >= 4 is 45.8 Å². The van der Waals surface area contributed by atoms with Gasteiger partial charge in [0.2, 0.25) is 11.8 Å². The van der Waals surface area contributed by atoms with Crippen molar-refractivity contribution in [3.8, 4) is 28.1 Å². The van der Waals surface area contributed by atoms with Crippen LogP contribution in [0.15, 0.2) is 48.7 Å². The highest BCUT2D eigenvalue weighted by Gasteiger charge is 2.39. The summed E-state index contributed by atoms with van der Waals surface area (Å²) in [6.07, 6.45) is 3.74. The summed E-state index contributed by atoms with van der Waals surface area (Å²) in [5.74, 6) is 1.66. The molecule has 5 heterocycles. The quantitative estimate of drug-likeness (QED) is 0.125. The largest absolute Gasteiger partial charge is 0.488 e. The van der Waals surface area contributed by atoms with E-state index in [1.54, 1.807) is 0 Å². The Hall–Kier alpha value is -6.12. The van der Waals surface area contributed by atoms with E-state index < -0.39 is 24.3 Å². The van der Waals surface area contributed by atoms with Gasteiger partial charge < -0.3 is 44.6 Å². The number of aromatic nitrogens is 4. The number of ether oxygens (including phenoxy) is 3. The molecule has 3 aliphatic rings. The molecule has 0 spiro atoms. The third-order valence-electron chi connectivity index (χ3n) is 11.8. The Morgan fingerprint density at radius 2 is 1.43 bits per heavy atom. The lowest BCUT2D eigenvalue weighted by molar-refractivity contribution is -0.136. The van der Waals surface area contributed by atoms with Crippen molar-refractivity contribution in [2.75, 3.05) is 27.3 Å². The fourth-order valence-electron chi connectivity index (χ4n) is 8.67. The molecule has 4 atom stereocenters. The van der Waals surface area contributed by atoms with Crippen LogP contribution in [0.3, 0.4) is 0 Å². The predicted octanol–water partition coefficient (Wildman–Crippen LogP) is 6.75. The van der Waals surface area contributed by atoms with E-state index in [2.05, 4.69) is 57.0 Å². The molecule has 2 saturated heterocycles. The van der Waals surface area contributed by atoms with Crippen LogP contribution in [0.25, 0.3) is 44.2 Å². The highest BCUT2D eigenvalue weighted by molar-refractivity contribution is 6.07. The fourth-order valence-corrected chi connectivity index (χ4v) is 8.67. The van der Waals surface area contributed by atoms with Crippen molar-refractivity contribution in [3.05, 3.63) is 65.9 Å². The summed E-state index contributed by atoms with van der Waals surface area (Å²) < 4.78 is 16.0. The number of amides is 4. The smallest absolute Gasteiger partial charge is 0.407 e.